The molecule has 12 heavy (non-hydrogen) atoms. The second kappa shape index (κ2) is 3.15. The van der Waals surface area contributed by atoms with E-state index in [9.17, 15) is 0 Å². The van der Waals surface area contributed by atoms with Crippen molar-refractivity contribution in [1.29, 1.82) is 5.26 Å². The van der Waals surface area contributed by atoms with Gasteiger partial charge in [-0.1, -0.05) is 18.2 Å². The molecule has 0 bridgehead atoms. The first-order valence-electron chi connectivity index (χ1n) is 4.67. The predicted octanol–water partition coefficient (Wildman–Crippen LogP) is 2.81. The molecule has 1 heteroatoms. The molecule has 0 amide bonds. The van der Waals surface area contributed by atoms with Gasteiger partial charge in [0.15, 0.2) is 0 Å². The number of rotatable bonds is 0. The Bertz CT molecular complexity index is 267. The van der Waals surface area contributed by atoms with Crippen LogP contribution in [-0.2, 0) is 0 Å². The molecule has 0 spiro atoms. The van der Waals surface area contributed by atoms with Crippen LogP contribution in [0, 0.1) is 23.2 Å². The van der Waals surface area contributed by atoms with Crippen molar-refractivity contribution in [1.82, 2.24) is 0 Å². The van der Waals surface area contributed by atoms with Crippen LogP contribution in [0.4, 0.5) is 0 Å². The molecule has 2 unspecified atom stereocenters. The van der Waals surface area contributed by atoms with Crippen molar-refractivity contribution < 1.29 is 0 Å². The van der Waals surface area contributed by atoms with Crippen LogP contribution in [-0.4, -0.2) is 0 Å². The second-order valence-electron chi connectivity index (χ2n) is 3.69. The highest BCUT2D eigenvalue weighted by Gasteiger charge is 2.23. The van der Waals surface area contributed by atoms with Crippen LogP contribution in [0.2, 0.25) is 0 Å². The van der Waals surface area contributed by atoms with E-state index in [4.69, 9.17) is 5.26 Å². The van der Waals surface area contributed by atoms with E-state index in [1.165, 1.54) is 19.3 Å². The first-order valence-corrected chi connectivity index (χ1v) is 4.67. The van der Waals surface area contributed by atoms with Gasteiger partial charge < -0.3 is 0 Å². The summed E-state index contributed by atoms with van der Waals surface area (Å²) in [5, 5.41) is 8.74. The Labute approximate surface area is 73.4 Å². The lowest BCUT2D eigenvalue weighted by Crippen LogP contribution is -2.18. The number of nitriles is 1. The molecule has 2 aliphatic rings. The van der Waals surface area contributed by atoms with E-state index >= 15 is 0 Å². The van der Waals surface area contributed by atoms with Crippen molar-refractivity contribution in [3.05, 3.63) is 23.8 Å². The van der Waals surface area contributed by atoms with E-state index in [0.717, 1.165) is 17.9 Å². The predicted molar refractivity (Wildman–Crippen MR) is 48.3 cm³/mol. The summed E-state index contributed by atoms with van der Waals surface area (Å²) in [4.78, 5) is 0. The molecule has 0 saturated carbocycles. The maximum Gasteiger partial charge on any atom is 0.0943 e. The Morgan fingerprint density at radius 3 is 3.17 bits per heavy atom. The quantitative estimate of drug-likeness (QED) is 0.498. The number of hydrogen-bond acceptors (Lipinski definition) is 1. The molecule has 2 aliphatic carbocycles. The van der Waals surface area contributed by atoms with Gasteiger partial charge in [-0.15, -0.1) is 0 Å². The molecule has 62 valence electrons. The molecular formula is C11H13N. The fourth-order valence-electron chi connectivity index (χ4n) is 2.19. The fourth-order valence-corrected chi connectivity index (χ4v) is 2.19. The fraction of sp³-hybridized carbons (Fsp3) is 0.545. The van der Waals surface area contributed by atoms with Gasteiger partial charge >= 0.3 is 0 Å². The van der Waals surface area contributed by atoms with Crippen LogP contribution < -0.4 is 0 Å². The molecule has 0 saturated heterocycles. The topological polar surface area (TPSA) is 23.8 Å². The van der Waals surface area contributed by atoms with Gasteiger partial charge in [0.2, 0.25) is 0 Å². The van der Waals surface area contributed by atoms with Crippen LogP contribution in [0.25, 0.3) is 0 Å². The van der Waals surface area contributed by atoms with Gasteiger partial charge in [-0.25, -0.2) is 0 Å². The monoisotopic (exact) mass is 159 g/mol. The Morgan fingerprint density at radius 1 is 1.42 bits per heavy atom. The van der Waals surface area contributed by atoms with Crippen LogP contribution in [0.15, 0.2) is 23.8 Å². The first-order chi connectivity index (χ1) is 5.90. The summed E-state index contributed by atoms with van der Waals surface area (Å²) in [6.45, 7) is 0. The van der Waals surface area contributed by atoms with Gasteiger partial charge in [0, 0.05) is 5.57 Å². The lowest BCUT2D eigenvalue weighted by Gasteiger charge is -2.29. The van der Waals surface area contributed by atoms with Gasteiger partial charge in [0.05, 0.1) is 6.07 Å². The molecule has 0 aromatic rings. The molecule has 2 rings (SSSR count). The third-order valence-corrected chi connectivity index (χ3v) is 2.93. The molecule has 0 aliphatic heterocycles. The zero-order chi connectivity index (χ0) is 8.39. The van der Waals surface area contributed by atoms with Crippen LogP contribution in [0.5, 0.6) is 0 Å². The molecule has 0 radical (unpaired) electrons. The van der Waals surface area contributed by atoms with Crippen LogP contribution in [0.3, 0.4) is 0 Å². The average Bonchev–Trinajstić information content (AvgIpc) is 2.17. The van der Waals surface area contributed by atoms with Gasteiger partial charge in [-0.2, -0.15) is 5.26 Å². The van der Waals surface area contributed by atoms with E-state index in [1.807, 2.05) is 0 Å². The molecule has 0 fully saturated rings. The minimum absolute atomic E-state index is 0.571. The zero-order valence-electron chi connectivity index (χ0n) is 7.16. The summed E-state index contributed by atoms with van der Waals surface area (Å²) in [7, 11) is 0. The van der Waals surface area contributed by atoms with Crippen molar-refractivity contribution in [2.45, 2.75) is 25.7 Å². The molecule has 0 aromatic carbocycles. The average molecular weight is 159 g/mol. The normalized spacial score (nSPS) is 33.4. The van der Waals surface area contributed by atoms with Crippen LogP contribution in [0.1, 0.15) is 25.7 Å². The standard InChI is InChI=1S/C11H13N/c12-8-9-5-6-10-3-1-2-4-11(10)7-9/h2,4,7,10-11H,1,3,5-6H2. The summed E-state index contributed by atoms with van der Waals surface area (Å²) < 4.78 is 0. The largest absolute Gasteiger partial charge is 0.193 e. The molecule has 2 atom stereocenters. The number of fused-ring (bicyclic) bond motifs is 1. The van der Waals surface area contributed by atoms with Crippen molar-refractivity contribution >= 4 is 0 Å². The summed E-state index contributed by atoms with van der Waals surface area (Å²) in [6, 6.07) is 2.26. The van der Waals surface area contributed by atoms with E-state index in [-0.39, 0.29) is 0 Å². The smallest absolute Gasteiger partial charge is 0.0943 e. The van der Waals surface area contributed by atoms with Crippen molar-refractivity contribution in [3.8, 4) is 6.07 Å². The van der Waals surface area contributed by atoms with Crippen LogP contribution >= 0.6 is 0 Å². The summed E-state index contributed by atoms with van der Waals surface area (Å²) in [6.07, 6.45) is 11.4. The number of allylic oxidation sites excluding steroid dienone is 4. The maximum absolute atomic E-state index is 8.74. The zero-order valence-corrected chi connectivity index (χ0v) is 7.16. The molecule has 0 heterocycles. The highest BCUT2D eigenvalue weighted by molar-refractivity contribution is 5.27. The third-order valence-electron chi connectivity index (χ3n) is 2.93. The van der Waals surface area contributed by atoms with Gasteiger partial charge in [-0.3, -0.25) is 0 Å². The van der Waals surface area contributed by atoms with Gasteiger partial charge in [-0.05, 0) is 37.5 Å². The molecule has 0 aromatic heterocycles. The molecule has 0 N–H and O–H groups in total. The molecule has 1 nitrogen and oxygen atoms in total. The van der Waals surface area contributed by atoms with E-state index in [1.54, 1.807) is 0 Å². The Balaban J connectivity index is 2.20. The van der Waals surface area contributed by atoms with E-state index in [0.29, 0.717) is 5.92 Å². The summed E-state index contributed by atoms with van der Waals surface area (Å²) in [5.74, 6) is 1.40. The second-order valence-corrected chi connectivity index (χ2v) is 3.69. The minimum Gasteiger partial charge on any atom is -0.193 e. The van der Waals surface area contributed by atoms with Gasteiger partial charge in [0.1, 0.15) is 0 Å². The highest BCUT2D eigenvalue weighted by Crippen LogP contribution is 2.35. The van der Waals surface area contributed by atoms with Crippen molar-refractivity contribution in [3.63, 3.8) is 0 Å². The summed E-state index contributed by atoms with van der Waals surface area (Å²) >= 11 is 0. The molecular weight excluding hydrogens is 146 g/mol. The Kier molecular flexibility index (Phi) is 1.99. The number of hydrogen-bond donors (Lipinski definition) is 0. The lowest BCUT2D eigenvalue weighted by atomic mass is 9.76. The SMILES string of the molecule is N#CC1=CC2C=CCCC2CC1. The Morgan fingerprint density at radius 2 is 2.33 bits per heavy atom. The highest BCUT2D eigenvalue weighted by atomic mass is 14.3. The Hall–Kier alpha value is -1.03. The maximum atomic E-state index is 8.74. The first kappa shape index (κ1) is 7.61. The minimum atomic E-state index is 0.571. The summed E-state index contributed by atoms with van der Waals surface area (Å²) in [5.41, 5.74) is 0.989. The van der Waals surface area contributed by atoms with E-state index in [2.05, 4.69) is 24.3 Å². The number of nitrogens with zero attached hydrogens (tertiary/aromatic N) is 1. The van der Waals surface area contributed by atoms with E-state index < -0.39 is 0 Å². The van der Waals surface area contributed by atoms with Crippen molar-refractivity contribution in [2.75, 3.05) is 0 Å². The van der Waals surface area contributed by atoms with Crippen molar-refractivity contribution in [2.24, 2.45) is 11.8 Å². The van der Waals surface area contributed by atoms with Gasteiger partial charge in [0.25, 0.3) is 0 Å². The third kappa shape index (κ3) is 1.30. The lowest BCUT2D eigenvalue weighted by molar-refractivity contribution is 0.365.